The quantitative estimate of drug-likeness (QED) is 0.589. The summed E-state index contributed by atoms with van der Waals surface area (Å²) in [6, 6.07) is 16.0. The number of anilines is 1. The molecule has 0 spiro atoms. The van der Waals surface area contributed by atoms with Crippen molar-refractivity contribution in [2.75, 3.05) is 5.32 Å². The lowest BCUT2D eigenvalue weighted by atomic mass is 9.79. The molecule has 0 aliphatic heterocycles. The zero-order chi connectivity index (χ0) is 20.5. The molecule has 0 fully saturated rings. The Morgan fingerprint density at radius 3 is 2.00 bits per heavy atom. The van der Waals surface area contributed by atoms with Crippen LogP contribution in [0.4, 0.5) is 5.95 Å². The second-order valence-corrected chi connectivity index (χ2v) is 9.79. The summed E-state index contributed by atoms with van der Waals surface area (Å²) in [6.07, 6.45) is 0. The average molecular weight is 394 g/mol. The third-order valence-electron chi connectivity index (χ3n) is 4.60. The van der Waals surface area contributed by atoms with Crippen molar-refractivity contribution in [1.82, 2.24) is 9.36 Å². The first-order chi connectivity index (χ1) is 13.0. The Balaban J connectivity index is 1.89. The minimum atomic E-state index is -0.186. The van der Waals surface area contributed by atoms with Gasteiger partial charge in [0.05, 0.1) is 0 Å². The molecule has 0 aliphatic rings. The molecule has 4 nitrogen and oxygen atoms in total. The summed E-state index contributed by atoms with van der Waals surface area (Å²) in [5, 5.41) is 3.64. The number of rotatable bonds is 3. The molecule has 1 amide bonds. The second kappa shape index (κ2) is 7.47. The van der Waals surface area contributed by atoms with Gasteiger partial charge in [-0.3, -0.25) is 10.1 Å². The molecule has 5 heteroatoms. The number of nitrogens with zero attached hydrogens (tertiary/aromatic N) is 2. The van der Waals surface area contributed by atoms with Gasteiger partial charge in [-0.15, -0.1) is 0 Å². The molecule has 1 N–H and O–H groups in total. The number of aromatic nitrogens is 2. The summed E-state index contributed by atoms with van der Waals surface area (Å²) < 4.78 is 4.30. The number of benzene rings is 2. The van der Waals surface area contributed by atoms with E-state index in [-0.39, 0.29) is 16.7 Å². The van der Waals surface area contributed by atoms with Gasteiger partial charge < -0.3 is 0 Å². The van der Waals surface area contributed by atoms with E-state index in [1.54, 1.807) is 0 Å². The van der Waals surface area contributed by atoms with Crippen LogP contribution < -0.4 is 5.32 Å². The van der Waals surface area contributed by atoms with E-state index >= 15 is 0 Å². The molecule has 0 saturated carbocycles. The lowest BCUT2D eigenvalue weighted by Crippen LogP contribution is -2.20. The van der Waals surface area contributed by atoms with Gasteiger partial charge in [0.1, 0.15) is 5.01 Å². The molecule has 146 valence electrons. The number of nitrogens with one attached hydrogen (secondary N) is 1. The number of carbonyl (C=O) groups is 1. The molecule has 28 heavy (non-hydrogen) atoms. The fraction of sp³-hybridized carbons (Fsp3) is 0.348. The SMILES string of the molecule is CC(C)(C)c1cc(C(=O)Nc2nsc(-c3ccccc3)n2)cc(C(C)(C)C)c1. The first-order valence-corrected chi connectivity index (χ1v) is 10.2. The molecule has 0 atom stereocenters. The molecule has 0 radical (unpaired) electrons. The Labute approximate surface area is 171 Å². The fourth-order valence-corrected chi connectivity index (χ4v) is 3.40. The molecule has 0 saturated heterocycles. The highest BCUT2D eigenvalue weighted by Gasteiger charge is 2.22. The number of hydrogen-bond donors (Lipinski definition) is 1. The van der Waals surface area contributed by atoms with Crippen molar-refractivity contribution in [3.8, 4) is 10.6 Å². The summed E-state index contributed by atoms with van der Waals surface area (Å²) in [4.78, 5) is 17.4. The summed E-state index contributed by atoms with van der Waals surface area (Å²) >= 11 is 1.28. The van der Waals surface area contributed by atoms with E-state index in [1.165, 1.54) is 11.5 Å². The van der Waals surface area contributed by atoms with Gasteiger partial charge in [0.2, 0.25) is 5.95 Å². The van der Waals surface area contributed by atoms with Crippen molar-refractivity contribution in [3.05, 3.63) is 65.2 Å². The van der Waals surface area contributed by atoms with Gasteiger partial charge in [0.25, 0.3) is 5.91 Å². The summed E-state index contributed by atoms with van der Waals surface area (Å²) in [7, 11) is 0. The highest BCUT2D eigenvalue weighted by Crippen LogP contribution is 2.31. The monoisotopic (exact) mass is 393 g/mol. The van der Waals surface area contributed by atoms with Crippen LogP contribution in [-0.2, 0) is 10.8 Å². The third kappa shape index (κ3) is 4.65. The van der Waals surface area contributed by atoms with Gasteiger partial charge in [-0.1, -0.05) is 77.9 Å². The van der Waals surface area contributed by atoms with Gasteiger partial charge in [0.15, 0.2) is 0 Å². The maximum Gasteiger partial charge on any atom is 0.258 e. The number of carbonyl (C=O) groups excluding carboxylic acids is 1. The summed E-state index contributed by atoms with van der Waals surface area (Å²) in [6.45, 7) is 12.9. The molecule has 2 aromatic carbocycles. The van der Waals surface area contributed by atoms with Crippen molar-refractivity contribution >= 4 is 23.4 Å². The zero-order valence-corrected chi connectivity index (χ0v) is 18.1. The topological polar surface area (TPSA) is 54.9 Å². The second-order valence-electron chi connectivity index (χ2n) is 9.04. The van der Waals surface area contributed by atoms with Gasteiger partial charge in [0, 0.05) is 11.1 Å². The van der Waals surface area contributed by atoms with E-state index in [9.17, 15) is 4.79 Å². The van der Waals surface area contributed by atoms with Crippen LogP contribution in [0.3, 0.4) is 0 Å². The van der Waals surface area contributed by atoms with Gasteiger partial charge in [-0.05, 0) is 45.6 Å². The third-order valence-corrected chi connectivity index (χ3v) is 5.36. The lowest BCUT2D eigenvalue weighted by Gasteiger charge is -2.26. The predicted molar refractivity (Wildman–Crippen MR) is 117 cm³/mol. The van der Waals surface area contributed by atoms with Crippen LogP contribution >= 0.6 is 11.5 Å². The molecule has 3 rings (SSSR count). The van der Waals surface area contributed by atoms with Crippen molar-refractivity contribution in [2.45, 2.75) is 52.4 Å². The Kier molecular flexibility index (Phi) is 5.39. The van der Waals surface area contributed by atoms with Crippen LogP contribution in [0, 0.1) is 0 Å². The highest BCUT2D eigenvalue weighted by molar-refractivity contribution is 7.09. The van der Waals surface area contributed by atoms with Crippen molar-refractivity contribution in [3.63, 3.8) is 0 Å². The van der Waals surface area contributed by atoms with Crippen LogP contribution in [0.5, 0.6) is 0 Å². The minimum absolute atomic E-state index is 0.0460. The fourth-order valence-electron chi connectivity index (χ4n) is 2.77. The van der Waals surface area contributed by atoms with E-state index < -0.39 is 0 Å². The molecule has 0 aliphatic carbocycles. The molecular formula is C23H27N3OS. The highest BCUT2D eigenvalue weighted by atomic mass is 32.1. The maximum atomic E-state index is 12.9. The minimum Gasteiger partial charge on any atom is -0.290 e. The van der Waals surface area contributed by atoms with Crippen molar-refractivity contribution in [2.24, 2.45) is 0 Å². The standard InChI is InChI=1S/C23H27N3OS/c1-22(2,3)17-12-16(13-18(14-17)23(4,5)6)19(27)24-21-25-20(28-26-21)15-10-8-7-9-11-15/h7-14H,1-6H3,(H,24,26,27). The Bertz CT molecular complexity index is 947. The van der Waals surface area contributed by atoms with Crippen LogP contribution in [0.1, 0.15) is 63.0 Å². The molecule has 3 aromatic rings. The summed E-state index contributed by atoms with van der Waals surface area (Å²) in [5.41, 5.74) is 3.81. The van der Waals surface area contributed by atoms with E-state index in [1.807, 2.05) is 42.5 Å². The largest absolute Gasteiger partial charge is 0.290 e. The average Bonchev–Trinajstić information content (AvgIpc) is 3.09. The van der Waals surface area contributed by atoms with Gasteiger partial charge in [-0.25, -0.2) is 0 Å². The van der Waals surface area contributed by atoms with E-state index in [2.05, 4.69) is 62.3 Å². The van der Waals surface area contributed by atoms with E-state index in [0.29, 0.717) is 11.5 Å². The Morgan fingerprint density at radius 1 is 0.893 bits per heavy atom. The van der Waals surface area contributed by atoms with Crippen molar-refractivity contribution in [1.29, 1.82) is 0 Å². The van der Waals surface area contributed by atoms with Crippen LogP contribution in [0.15, 0.2) is 48.5 Å². The first-order valence-electron chi connectivity index (χ1n) is 9.40. The zero-order valence-electron chi connectivity index (χ0n) is 17.3. The van der Waals surface area contributed by atoms with Gasteiger partial charge >= 0.3 is 0 Å². The van der Waals surface area contributed by atoms with Crippen LogP contribution in [0.25, 0.3) is 10.6 Å². The number of hydrogen-bond acceptors (Lipinski definition) is 4. The lowest BCUT2D eigenvalue weighted by molar-refractivity contribution is 0.102. The molecule has 1 aromatic heterocycles. The number of amides is 1. The summed E-state index contributed by atoms with van der Waals surface area (Å²) in [5.74, 6) is 0.154. The van der Waals surface area contributed by atoms with Gasteiger partial charge in [-0.2, -0.15) is 9.36 Å². The van der Waals surface area contributed by atoms with Crippen LogP contribution in [-0.4, -0.2) is 15.3 Å². The Morgan fingerprint density at radius 2 is 1.46 bits per heavy atom. The first kappa shape index (κ1) is 20.2. The molecule has 0 unspecified atom stereocenters. The normalized spacial score (nSPS) is 12.1. The molecule has 1 heterocycles. The Hall–Kier alpha value is -2.53. The predicted octanol–water partition coefficient (Wildman–Crippen LogP) is 6.05. The molecule has 0 bridgehead atoms. The maximum absolute atomic E-state index is 12.9. The smallest absolute Gasteiger partial charge is 0.258 e. The van der Waals surface area contributed by atoms with Crippen LogP contribution in [0.2, 0.25) is 0 Å². The van der Waals surface area contributed by atoms with Crippen molar-refractivity contribution < 1.29 is 4.79 Å². The molecular weight excluding hydrogens is 366 g/mol. The van der Waals surface area contributed by atoms with E-state index in [0.717, 1.165) is 21.7 Å². The van der Waals surface area contributed by atoms with E-state index in [4.69, 9.17) is 0 Å².